The maximum absolute atomic E-state index is 14.0. The van der Waals surface area contributed by atoms with Crippen molar-refractivity contribution in [2.24, 2.45) is 5.92 Å². The largest absolute Gasteiger partial charge is 0.494 e. The first-order valence-electron chi connectivity index (χ1n) is 7.30. The van der Waals surface area contributed by atoms with E-state index in [0.29, 0.717) is 25.7 Å². The Labute approximate surface area is 122 Å². The van der Waals surface area contributed by atoms with Crippen LogP contribution in [0.15, 0.2) is 12.1 Å². The van der Waals surface area contributed by atoms with Crippen molar-refractivity contribution in [1.82, 2.24) is 0 Å². The summed E-state index contributed by atoms with van der Waals surface area (Å²) in [6.45, 7) is 1.48. The molecule has 5 heteroatoms. The third-order valence-electron chi connectivity index (χ3n) is 4.53. The normalized spacial score (nSPS) is 23.1. The molecule has 1 aliphatic rings. The Morgan fingerprint density at radius 3 is 2.24 bits per heavy atom. The smallest absolute Gasteiger partial charge is 0.250 e. The molecular formula is C16H20F4O. The van der Waals surface area contributed by atoms with E-state index in [4.69, 9.17) is 4.74 Å². The minimum Gasteiger partial charge on any atom is -0.494 e. The molecule has 0 bridgehead atoms. The van der Waals surface area contributed by atoms with Gasteiger partial charge in [-0.15, -0.1) is 0 Å². The second-order valence-electron chi connectivity index (χ2n) is 5.65. The summed E-state index contributed by atoms with van der Waals surface area (Å²) in [6, 6.07) is 2.89. The van der Waals surface area contributed by atoms with Crippen molar-refractivity contribution in [2.45, 2.75) is 50.9 Å². The Balaban J connectivity index is 2.11. The van der Waals surface area contributed by atoms with Gasteiger partial charge >= 0.3 is 0 Å². The van der Waals surface area contributed by atoms with E-state index >= 15 is 0 Å². The molecule has 0 radical (unpaired) electrons. The lowest BCUT2D eigenvalue weighted by molar-refractivity contribution is -0.0750. The van der Waals surface area contributed by atoms with Gasteiger partial charge < -0.3 is 4.74 Å². The standard InChI is InChI=1S/C16H20F4O/c1-3-16(19,20)11-6-4-10(5-7-11)12-8-9-13(21-2)15(18)14(12)17/h8-11H,3-7H2,1-2H3. The zero-order valence-electron chi connectivity index (χ0n) is 12.3. The molecule has 0 N–H and O–H groups in total. The summed E-state index contributed by atoms with van der Waals surface area (Å²) in [5.41, 5.74) is 0.270. The van der Waals surface area contributed by atoms with Crippen molar-refractivity contribution in [3.05, 3.63) is 29.3 Å². The van der Waals surface area contributed by atoms with Crippen LogP contribution in [0.2, 0.25) is 0 Å². The van der Waals surface area contributed by atoms with Crippen LogP contribution in [0, 0.1) is 17.6 Å². The van der Waals surface area contributed by atoms with Crippen LogP contribution in [0.4, 0.5) is 17.6 Å². The Kier molecular flexibility index (Phi) is 4.79. The van der Waals surface area contributed by atoms with Gasteiger partial charge in [-0.05, 0) is 43.2 Å². The molecular weight excluding hydrogens is 284 g/mol. The molecule has 0 spiro atoms. The van der Waals surface area contributed by atoms with Gasteiger partial charge in [0.25, 0.3) is 5.92 Å². The Morgan fingerprint density at radius 2 is 1.71 bits per heavy atom. The molecule has 1 aromatic rings. The summed E-state index contributed by atoms with van der Waals surface area (Å²) in [7, 11) is 1.27. The summed E-state index contributed by atoms with van der Waals surface area (Å²) < 4.78 is 59.8. The molecule has 2 rings (SSSR count). The quantitative estimate of drug-likeness (QED) is 0.686. The average molecular weight is 304 g/mol. The first kappa shape index (κ1) is 16.1. The van der Waals surface area contributed by atoms with Crippen LogP contribution in [0.3, 0.4) is 0 Å². The minimum atomic E-state index is -2.66. The van der Waals surface area contributed by atoms with Gasteiger partial charge in [-0.2, -0.15) is 4.39 Å². The molecule has 21 heavy (non-hydrogen) atoms. The molecule has 0 unspecified atom stereocenters. The van der Waals surface area contributed by atoms with E-state index in [1.165, 1.54) is 26.2 Å². The molecule has 0 aliphatic heterocycles. The molecule has 1 aromatic carbocycles. The van der Waals surface area contributed by atoms with Crippen LogP contribution >= 0.6 is 0 Å². The second kappa shape index (κ2) is 6.24. The maximum atomic E-state index is 14.0. The van der Waals surface area contributed by atoms with Crippen LogP contribution in [-0.4, -0.2) is 13.0 Å². The van der Waals surface area contributed by atoms with Gasteiger partial charge in [0.15, 0.2) is 11.6 Å². The zero-order chi connectivity index (χ0) is 15.6. The number of halogens is 4. The van der Waals surface area contributed by atoms with E-state index in [0.717, 1.165) is 0 Å². The summed E-state index contributed by atoms with van der Waals surface area (Å²) in [5, 5.41) is 0. The van der Waals surface area contributed by atoms with Gasteiger partial charge in [-0.3, -0.25) is 0 Å². The van der Waals surface area contributed by atoms with Crippen molar-refractivity contribution in [1.29, 1.82) is 0 Å². The molecule has 1 saturated carbocycles. The molecule has 0 aromatic heterocycles. The molecule has 118 valence electrons. The number of methoxy groups -OCH3 is 1. The lowest BCUT2D eigenvalue weighted by Gasteiger charge is -2.33. The monoisotopic (exact) mass is 304 g/mol. The molecule has 1 nitrogen and oxygen atoms in total. The molecule has 0 atom stereocenters. The second-order valence-corrected chi connectivity index (χ2v) is 5.65. The Morgan fingerprint density at radius 1 is 1.10 bits per heavy atom. The van der Waals surface area contributed by atoms with Crippen LogP contribution < -0.4 is 4.74 Å². The van der Waals surface area contributed by atoms with E-state index in [1.54, 1.807) is 0 Å². The first-order chi connectivity index (χ1) is 9.90. The molecule has 0 saturated heterocycles. The van der Waals surface area contributed by atoms with Gasteiger partial charge in [-0.25, -0.2) is 13.2 Å². The fourth-order valence-electron chi connectivity index (χ4n) is 3.14. The van der Waals surface area contributed by atoms with E-state index in [1.807, 2.05) is 0 Å². The van der Waals surface area contributed by atoms with Gasteiger partial charge in [0.05, 0.1) is 7.11 Å². The third kappa shape index (κ3) is 3.16. The summed E-state index contributed by atoms with van der Waals surface area (Å²) in [5.74, 6) is -5.56. The highest BCUT2D eigenvalue weighted by Crippen LogP contribution is 2.44. The number of ether oxygens (including phenoxy) is 1. The van der Waals surface area contributed by atoms with E-state index in [9.17, 15) is 17.6 Å². The molecule has 1 fully saturated rings. The summed E-state index contributed by atoms with van der Waals surface area (Å²) in [6.07, 6.45) is 1.44. The Bertz CT molecular complexity index is 493. The van der Waals surface area contributed by atoms with Crippen LogP contribution in [-0.2, 0) is 0 Å². The van der Waals surface area contributed by atoms with Crippen molar-refractivity contribution < 1.29 is 22.3 Å². The van der Waals surface area contributed by atoms with E-state index < -0.39 is 23.5 Å². The van der Waals surface area contributed by atoms with Gasteiger partial charge in [-0.1, -0.05) is 13.0 Å². The van der Waals surface area contributed by atoms with Gasteiger partial charge in [0.1, 0.15) is 0 Å². The molecule has 0 heterocycles. The minimum absolute atomic E-state index is 0.137. The highest BCUT2D eigenvalue weighted by Gasteiger charge is 2.40. The zero-order valence-corrected chi connectivity index (χ0v) is 12.3. The molecule has 1 aliphatic carbocycles. The van der Waals surface area contributed by atoms with E-state index in [2.05, 4.69) is 0 Å². The van der Waals surface area contributed by atoms with Crippen molar-refractivity contribution in [2.75, 3.05) is 7.11 Å². The highest BCUT2D eigenvalue weighted by atomic mass is 19.3. The van der Waals surface area contributed by atoms with Crippen LogP contribution in [0.5, 0.6) is 5.75 Å². The van der Waals surface area contributed by atoms with Crippen LogP contribution in [0.25, 0.3) is 0 Å². The van der Waals surface area contributed by atoms with Crippen LogP contribution in [0.1, 0.15) is 50.5 Å². The number of benzene rings is 1. The van der Waals surface area contributed by atoms with Crippen molar-refractivity contribution in [3.63, 3.8) is 0 Å². The predicted octanol–water partition coefficient (Wildman–Crippen LogP) is 5.29. The van der Waals surface area contributed by atoms with Gasteiger partial charge in [0.2, 0.25) is 5.82 Å². The summed E-state index contributed by atoms with van der Waals surface area (Å²) in [4.78, 5) is 0. The predicted molar refractivity (Wildman–Crippen MR) is 72.8 cm³/mol. The molecule has 0 amide bonds. The first-order valence-corrected chi connectivity index (χ1v) is 7.30. The maximum Gasteiger partial charge on any atom is 0.250 e. The number of hydrogen-bond acceptors (Lipinski definition) is 1. The lowest BCUT2D eigenvalue weighted by Crippen LogP contribution is -2.31. The third-order valence-corrected chi connectivity index (χ3v) is 4.53. The van der Waals surface area contributed by atoms with E-state index in [-0.39, 0.29) is 23.7 Å². The average Bonchev–Trinajstić information content (AvgIpc) is 2.50. The highest BCUT2D eigenvalue weighted by molar-refractivity contribution is 5.33. The Hall–Kier alpha value is -1.26. The topological polar surface area (TPSA) is 9.23 Å². The van der Waals surface area contributed by atoms with Crippen molar-refractivity contribution in [3.8, 4) is 5.75 Å². The fourth-order valence-corrected chi connectivity index (χ4v) is 3.14. The van der Waals surface area contributed by atoms with Crippen molar-refractivity contribution >= 4 is 0 Å². The summed E-state index contributed by atoms with van der Waals surface area (Å²) >= 11 is 0. The SMILES string of the molecule is CCC(F)(F)C1CCC(c2ccc(OC)c(F)c2F)CC1. The number of hydrogen-bond donors (Lipinski definition) is 0. The van der Waals surface area contributed by atoms with Gasteiger partial charge in [0, 0.05) is 12.3 Å². The fraction of sp³-hybridized carbons (Fsp3) is 0.625. The number of rotatable bonds is 4. The number of alkyl halides is 2. The lowest BCUT2D eigenvalue weighted by atomic mass is 9.75.